The normalized spacial score (nSPS) is 18.2. The van der Waals surface area contributed by atoms with Gasteiger partial charge in [0.25, 0.3) is 0 Å². The van der Waals surface area contributed by atoms with Crippen molar-refractivity contribution in [3.05, 3.63) is 0 Å². The molecule has 1 saturated carbocycles. The third kappa shape index (κ3) is 7.28. The molecular formula is C22H40O4. The fourth-order valence-electron chi connectivity index (χ4n) is 4.04. The number of hydrogen-bond donors (Lipinski definition) is 0. The van der Waals surface area contributed by atoms with Gasteiger partial charge in [0.1, 0.15) is 0 Å². The summed E-state index contributed by atoms with van der Waals surface area (Å²) in [5.41, 5.74) is -0.739. The molecule has 1 fully saturated rings. The second kappa shape index (κ2) is 10.9. The van der Waals surface area contributed by atoms with Gasteiger partial charge in [-0.05, 0) is 42.9 Å². The van der Waals surface area contributed by atoms with Crippen LogP contribution in [0.15, 0.2) is 0 Å². The van der Waals surface area contributed by atoms with Crippen LogP contribution in [0, 0.1) is 29.1 Å². The molecule has 1 rings (SSSR count). The molecule has 1 aliphatic rings. The van der Waals surface area contributed by atoms with Crippen LogP contribution < -0.4 is 0 Å². The van der Waals surface area contributed by atoms with Crippen molar-refractivity contribution in [2.75, 3.05) is 13.2 Å². The Kier molecular flexibility index (Phi) is 9.67. The van der Waals surface area contributed by atoms with E-state index in [1.807, 2.05) is 27.7 Å². The van der Waals surface area contributed by atoms with Gasteiger partial charge < -0.3 is 9.47 Å². The predicted octanol–water partition coefficient (Wildman–Crippen LogP) is 5.39. The average molecular weight is 369 g/mol. The van der Waals surface area contributed by atoms with Crippen molar-refractivity contribution in [1.29, 1.82) is 0 Å². The van der Waals surface area contributed by atoms with Crippen molar-refractivity contribution in [2.45, 2.75) is 86.5 Å². The van der Waals surface area contributed by atoms with Crippen LogP contribution in [0.5, 0.6) is 0 Å². The second-order valence-corrected chi connectivity index (χ2v) is 9.33. The van der Waals surface area contributed by atoms with Gasteiger partial charge in [-0.15, -0.1) is 0 Å². The summed E-state index contributed by atoms with van der Waals surface area (Å²) in [4.78, 5) is 25.8. The highest BCUT2D eigenvalue weighted by molar-refractivity contribution is 5.84. The molecule has 0 bridgehead atoms. The zero-order valence-corrected chi connectivity index (χ0v) is 17.8. The first-order chi connectivity index (χ1) is 12.2. The lowest BCUT2D eigenvalue weighted by Gasteiger charge is -2.41. The van der Waals surface area contributed by atoms with E-state index in [4.69, 9.17) is 9.47 Å². The molecule has 0 aromatic heterocycles. The fourth-order valence-corrected chi connectivity index (χ4v) is 4.04. The minimum absolute atomic E-state index is 0.152. The van der Waals surface area contributed by atoms with Gasteiger partial charge in [-0.2, -0.15) is 0 Å². The van der Waals surface area contributed by atoms with E-state index in [0.29, 0.717) is 31.5 Å². The smallest absolute Gasteiger partial charge is 0.312 e. The van der Waals surface area contributed by atoms with E-state index in [9.17, 15) is 9.59 Å². The lowest BCUT2D eigenvalue weighted by molar-refractivity contribution is -0.170. The summed E-state index contributed by atoms with van der Waals surface area (Å²) in [6.45, 7) is 13.2. The number of rotatable bonds is 10. The minimum atomic E-state index is -0.739. The Hall–Kier alpha value is -1.06. The molecule has 0 aromatic carbocycles. The van der Waals surface area contributed by atoms with Crippen LogP contribution in [0.1, 0.15) is 86.5 Å². The molecule has 26 heavy (non-hydrogen) atoms. The van der Waals surface area contributed by atoms with Gasteiger partial charge in [0.15, 0.2) is 0 Å². The quantitative estimate of drug-likeness (QED) is 0.485. The number of ether oxygens (including phenoxy) is 2. The number of carbonyl (C=O) groups is 2. The van der Waals surface area contributed by atoms with E-state index < -0.39 is 5.41 Å². The van der Waals surface area contributed by atoms with Crippen LogP contribution >= 0.6 is 0 Å². The van der Waals surface area contributed by atoms with Crippen molar-refractivity contribution in [2.24, 2.45) is 29.1 Å². The Morgan fingerprint density at radius 3 is 1.88 bits per heavy atom. The van der Waals surface area contributed by atoms with Crippen LogP contribution in [-0.4, -0.2) is 25.2 Å². The summed E-state index contributed by atoms with van der Waals surface area (Å²) in [6, 6.07) is 0. The van der Waals surface area contributed by atoms with E-state index in [1.165, 1.54) is 6.42 Å². The summed E-state index contributed by atoms with van der Waals surface area (Å²) in [5.74, 6) is 0.669. The van der Waals surface area contributed by atoms with Gasteiger partial charge >= 0.3 is 11.9 Å². The van der Waals surface area contributed by atoms with E-state index in [1.54, 1.807) is 0 Å². The lowest BCUT2D eigenvalue weighted by atomic mass is 9.63. The van der Waals surface area contributed by atoms with Gasteiger partial charge in [0.05, 0.1) is 25.0 Å². The zero-order valence-electron chi connectivity index (χ0n) is 17.8. The van der Waals surface area contributed by atoms with Gasteiger partial charge in [0, 0.05) is 0 Å². The van der Waals surface area contributed by atoms with E-state index in [0.717, 1.165) is 25.7 Å². The van der Waals surface area contributed by atoms with Crippen molar-refractivity contribution in [1.82, 2.24) is 0 Å². The Bertz CT molecular complexity index is 435. The lowest BCUT2D eigenvalue weighted by Crippen LogP contribution is -2.44. The van der Waals surface area contributed by atoms with Crippen LogP contribution in [0.2, 0.25) is 0 Å². The standard InChI is InChI=1S/C22H40O4/c1-16(2)12-22(19-10-8-7-9-11-19,21(24)26-15-18(5)6)13-20(23)25-14-17(3)4/h16-19H,7-15H2,1-6H3. The maximum Gasteiger partial charge on any atom is 0.312 e. The molecule has 1 unspecified atom stereocenters. The molecule has 4 heteroatoms. The molecule has 4 nitrogen and oxygen atoms in total. The first-order valence-electron chi connectivity index (χ1n) is 10.5. The average Bonchev–Trinajstić information content (AvgIpc) is 2.57. The highest BCUT2D eigenvalue weighted by Crippen LogP contribution is 2.47. The summed E-state index contributed by atoms with van der Waals surface area (Å²) in [7, 11) is 0. The minimum Gasteiger partial charge on any atom is -0.465 e. The summed E-state index contributed by atoms with van der Waals surface area (Å²) in [5, 5.41) is 0. The van der Waals surface area contributed by atoms with Gasteiger partial charge in [-0.3, -0.25) is 9.59 Å². The molecule has 0 spiro atoms. The first kappa shape index (κ1) is 23.0. The van der Waals surface area contributed by atoms with Crippen LogP contribution in [-0.2, 0) is 19.1 Å². The zero-order chi connectivity index (χ0) is 19.7. The Balaban J connectivity index is 3.06. The SMILES string of the molecule is CC(C)COC(=O)CC(CC(C)C)(C(=O)OCC(C)C)C1CCCCC1. The summed E-state index contributed by atoms with van der Waals surface area (Å²) >= 11 is 0. The number of hydrogen-bond acceptors (Lipinski definition) is 4. The third-order valence-corrected chi connectivity index (χ3v) is 5.15. The fraction of sp³-hybridized carbons (Fsp3) is 0.909. The summed E-state index contributed by atoms with van der Waals surface area (Å²) < 4.78 is 11.2. The molecule has 0 radical (unpaired) electrons. The third-order valence-electron chi connectivity index (χ3n) is 5.15. The van der Waals surface area contributed by atoms with Crippen LogP contribution in [0.3, 0.4) is 0 Å². The van der Waals surface area contributed by atoms with Crippen molar-refractivity contribution in [3.8, 4) is 0 Å². The molecule has 0 saturated heterocycles. The number of carbonyl (C=O) groups excluding carboxylic acids is 2. The molecule has 0 amide bonds. The molecular weight excluding hydrogens is 328 g/mol. The maximum atomic E-state index is 13.2. The van der Waals surface area contributed by atoms with Gasteiger partial charge in [-0.25, -0.2) is 0 Å². The van der Waals surface area contributed by atoms with Crippen molar-refractivity contribution < 1.29 is 19.1 Å². The molecule has 0 aromatic rings. The highest BCUT2D eigenvalue weighted by atomic mass is 16.5. The summed E-state index contributed by atoms with van der Waals surface area (Å²) in [6.07, 6.45) is 6.31. The van der Waals surface area contributed by atoms with E-state index in [2.05, 4.69) is 13.8 Å². The van der Waals surface area contributed by atoms with E-state index >= 15 is 0 Å². The Labute approximate surface area is 160 Å². The first-order valence-corrected chi connectivity index (χ1v) is 10.5. The number of esters is 2. The molecule has 0 N–H and O–H groups in total. The largest absolute Gasteiger partial charge is 0.465 e. The highest BCUT2D eigenvalue weighted by Gasteiger charge is 2.49. The Morgan fingerprint density at radius 1 is 0.846 bits per heavy atom. The topological polar surface area (TPSA) is 52.6 Å². The predicted molar refractivity (Wildman–Crippen MR) is 105 cm³/mol. The second-order valence-electron chi connectivity index (χ2n) is 9.33. The van der Waals surface area contributed by atoms with Crippen LogP contribution in [0.4, 0.5) is 0 Å². The van der Waals surface area contributed by atoms with Crippen LogP contribution in [0.25, 0.3) is 0 Å². The molecule has 1 aliphatic carbocycles. The maximum absolute atomic E-state index is 13.2. The van der Waals surface area contributed by atoms with E-state index in [-0.39, 0.29) is 30.2 Å². The Morgan fingerprint density at radius 2 is 1.38 bits per heavy atom. The van der Waals surface area contributed by atoms with Gasteiger partial charge in [-0.1, -0.05) is 60.8 Å². The molecule has 152 valence electrons. The molecule has 0 heterocycles. The molecule has 1 atom stereocenters. The molecule has 0 aliphatic heterocycles. The van der Waals surface area contributed by atoms with Gasteiger partial charge in [0.2, 0.25) is 0 Å². The monoisotopic (exact) mass is 368 g/mol. The van der Waals surface area contributed by atoms with Crippen molar-refractivity contribution in [3.63, 3.8) is 0 Å². The van der Waals surface area contributed by atoms with Crippen molar-refractivity contribution >= 4 is 11.9 Å².